The maximum Gasteiger partial charge on any atom is 0.250 e. The minimum atomic E-state index is -0.219. The standard InChI is InChI=1S/C20H21N5O/c26-19(11-10-15-14-21-12-13-22-15)24-20-23-17-8-4-5-9-18(17)25(20)16-6-2-1-3-7-16/h4-5,8-14,16H,1-3,6-7H2,(H,23,24,26)/b11-10+. The van der Waals surface area contributed by atoms with E-state index in [4.69, 9.17) is 0 Å². The lowest BCUT2D eigenvalue weighted by atomic mass is 9.95. The number of nitrogens with one attached hydrogen (secondary N) is 1. The van der Waals surface area contributed by atoms with Gasteiger partial charge in [-0.2, -0.15) is 0 Å². The van der Waals surface area contributed by atoms with Crippen molar-refractivity contribution in [3.05, 3.63) is 54.6 Å². The van der Waals surface area contributed by atoms with Crippen LogP contribution in [-0.2, 0) is 4.79 Å². The summed E-state index contributed by atoms with van der Waals surface area (Å²) in [6.45, 7) is 0. The molecular formula is C20H21N5O. The molecule has 3 aromatic rings. The minimum Gasteiger partial charge on any atom is -0.307 e. The van der Waals surface area contributed by atoms with Crippen molar-refractivity contribution in [1.29, 1.82) is 0 Å². The number of hydrogen-bond donors (Lipinski definition) is 1. The average Bonchev–Trinajstić information content (AvgIpc) is 3.05. The summed E-state index contributed by atoms with van der Waals surface area (Å²) < 4.78 is 2.20. The third kappa shape index (κ3) is 3.49. The molecule has 1 aromatic carbocycles. The maximum atomic E-state index is 12.4. The largest absolute Gasteiger partial charge is 0.307 e. The Morgan fingerprint density at radius 1 is 1.15 bits per heavy atom. The fourth-order valence-electron chi connectivity index (χ4n) is 3.55. The number of anilines is 1. The average molecular weight is 347 g/mol. The summed E-state index contributed by atoms with van der Waals surface area (Å²) in [5.41, 5.74) is 2.63. The molecule has 132 valence electrons. The Morgan fingerprint density at radius 3 is 2.81 bits per heavy atom. The van der Waals surface area contributed by atoms with Crippen molar-refractivity contribution < 1.29 is 4.79 Å². The Hall–Kier alpha value is -3.02. The van der Waals surface area contributed by atoms with Gasteiger partial charge in [0.1, 0.15) is 0 Å². The highest BCUT2D eigenvalue weighted by Crippen LogP contribution is 2.34. The van der Waals surface area contributed by atoms with E-state index in [1.54, 1.807) is 24.7 Å². The molecule has 1 aliphatic carbocycles. The van der Waals surface area contributed by atoms with E-state index in [1.807, 2.05) is 18.2 Å². The smallest absolute Gasteiger partial charge is 0.250 e. The number of benzene rings is 1. The lowest BCUT2D eigenvalue weighted by molar-refractivity contribution is -0.111. The quantitative estimate of drug-likeness (QED) is 0.725. The number of hydrogen-bond acceptors (Lipinski definition) is 4. The molecule has 0 saturated heterocycles. The highest BCUT2D eigenvalue weighted by molar-refractivity contribution is 6.01. The van der Waals surface area contributed by atoms with Crippen LogP contribution in [0.5, 0.6) is 0 Å². The molecule has 4 rings (SSSR count). The van der Waals surface area contributed by atoms with E-state index in [-0.39, 0.29) is 5.91 Å². The molecule has 1 amide bonds. The second-order valence-corrected chi connectivity index (χ2v) is 6.54. The SMILES string of the molecule is O=C(/C=C/c1cnccn1)Nc1nc2ccccc2n1C1CCCCC1. The van der Waals surface area contributed by atoms with E-state index in [0.717, 1.165) is 23.9 Å². The molecule has 6 heteroatoms. The number of imidazole rings is 1. The molecule has 0 spiro atoms. The summed E-state index contributed by atoms with van der Waals surface area (Å²) in [6.07, 6.45) is 13.9. The first-order valence-corrected chi connectivity index (χ1v) is 9.03. The van der Waals surface area contributed by atoms with Crippen LogP contribution >= 0.6 is 0 Å². The van der Waals surface area contributed by atoms with Crippen LogP contribution in [0, 0.1) is 0 Å². The number of rotatable bonds is 4. The molecule has 0 bridgehead atoms. The lowest BCUT2D eigenvalue weighted by Gasteiger charge is -2.25. The summed E-state index contributed by atoms with van der Waals surface area (Å²) in [6, 6.07) is 8.43. The highest BCUT2D eigenvalue weighted by atomic mass is 16.1. The van der Waals surface area contributed by atoms with Crippen LogP contribution < -0.4 is 5.32 Å². The van der Waals surface area contributed by atoms with Crippen LogP contribution in [0.25, 0.3) is 17.1 Å². The Balaban J connectivity index is 1.61. The summed E-state index contributed by atoms with van der Waals surface area (Å²) >= 11 is 0. The first-order valence-electron chi connectivity index (χ1n) is 9.03. The molecule has 0 unspecified atom stereocenters. The molecule has 1 aliphatic rings. The number of carbonyl (C=O) groups excluding carboxylic acids is 1. The van der Waals surface area contributed by atoms with Crippen molar-refractivity contribution in [2.24, 2.45) is 0 Å². The van der Waals surface area contributed by atoms with Crippen LogP contribution in [0.15, 0.2) is 48.9 Å². The van der Waals surface area contributed by atoms with Gasteiger partial charge in [-0.3, -0.25) is 20.1 Å². The van der Waals surface area contributed by atoms with Gasteiger partial charge in [-0.15, -0.1) is 0 Å². The van der Waals surface area contributed by atoms with Crippen LogP contribution in [-0.4, -0.2) is 25.4 Å². The predicted octanol–water partition coefficient (Wildman–Crippen LogP) is 3.98. The van der Waals surface area contributed by atoms with Gasteiger partial charge >= 0.3 is 0 Å². The van der Waals surface area contributed by atoms with Gasteiger partial charge in [0.05, 0.1) is 22.9 Å². The zero-order valence-electron chi connectivity index (χ0n) is 14.5. The fourth-order valence-corrected chi connectivity index (χ4v) is 3.55. The number of aromatic nitrogens is 4. The highest BCUT2D eigenvalue weighted by Gasteiger charge is 2.21. The number of fused-ring (bicyclic) bond motifs is 1. The van der Waals surface area contributed by atoms with Crippen molar-refractivity contribution in [3.8, 4) is 0 Å². The van der Waals surface area contributed by atoms with E-state index in [1.165, 1.54) is 25.3 Å². The second kappa shape index (κ2) is 7.47. The van der Waals surface area contributed by atoms with E-state index in [0.29, 0.717) is 17.7 Å². The van der Waals surface area contributed by atoms with Gasteiger partial charge in [0.2, 0.25) is 5.95 Å². The molecule has 0 aliphatic heterocycles. The van der Waals surface area contributed by atoms with Gasteiger partial charge < -0.3 is 4.57 Å². The molecule has 1 saturated carbocycles. The van der Waals surface area contributed by atoms with E-state index >= 15 is 0 Å². The molecule has 0 atom stereocenters. The van der Waals surface area contributed by atoms with Crippen LogP contribution in [0.4, 0.5) is 5.95 Å². The molecule has 2 aromatic heterocycles. The van der Waals surface area contributed by atoms with Gasteiger partial charge in [0.15, 0.2) is 0 Å². The third-order valence-electron chi connectivity index (χ3n) is 4.76. The number of para-hydroxylation sites is 2. The van der Waals surface area contributed by atoms with Gasteiger partial charge in [-0.1, -0.05) is 31.4 Å². The van der Waals surface area contributed by atoms with Gasteiger partial charge in [0.25, 0.3) is 5.91 Å². The molecular weight excluding hydrogens is 326 g/mol. The number of nitrogens with zero attached hydrogens (tertiary/aromatic N) is 4. The van der Waals surface area contributed by atoms with E-state index < -0.39 is 0 Å². The van der Waals surface area contributed by atoms with E-state index in [9.17, 15) is 4.79 Å². The molecule has 0 radical (unpaired) electrons. The molecule has 1 N–H and O–H groups in total. The summed E-state index contributed by atoms with van der Waals surface area (Å²) in [4.78, 5) is 25.2. The molecule has 1 fully saturated rings. The summed E-state index contributed by atoms with van der Waals surface area (Å²) in [5, 5.41) is 2.95. The van der Waals surface area contributed by atoms with Crippen molar-refractivity contribution >= 4 is 29.0 Å². The normalized spacial score (nSPS) is 15.5. The van der Waals surface area contributed by atoms with Crippen molar-refractivity contribution in [1.82, 2.24) is 19.5 Å². The van der Waals surface area contributed by atoms with Gasteiger partial charge in [-0.05, 0) is 31.1 Å². The van der Waals surface area contributed by atoms with E-state index in [2.05, 4.69) is 30.9 Å². The van der Waals surface area contributed by atoms with Gasteiger partial charge in [0, 0.05) is 24.5 Å². The van der Waals surface area contributed by atoms with Crippen LogP contribution in [0.1, 0.15) is 43.8 Å². The Bertz CT molecular complexity index is 926. The zero-order chi connectivity index (χ0) is 17.8. The second-order valence-electron chi connectivity index (χ2n) is 6.54. The van der Waals surface area contributed by atoms with Crippen LogP contribution in [0.3, 0.4) is 0 Å². The van der Waals surface area contributed by atoms with Crippen molar-refractivity contribution in [2.75, 3.05) is 5.32 Å². The summed E-state index contributed by atoms with van der Waals surface area (Å²) in [7, 11) is 0. The number of carbonyl (C=O) groups is 1. The zero-order valence-corrected chi connectivity index (χ0v) is 14.5. The monoisotopic (exact) mass is 347 g/mol. The van der Waals surface area contributed by atoms with Crippen molar-refractivity contribution in [2.45, 2.75) is 38.1 Å². The maximum absolute atomic E-state index is 12.4. The lowest BCUT2D eigenvalue weighted by Crippen LogP contribution is -2.18. The minimum absolute atomic E-state index is 0.219. The topological polar surface area (TPSA) is 72.7 Å². The fraction of sp³-hybridized carbons (Fsp3) is 0.300. The first-order chi connectivity index (χ1) is 12.8. The third-order valence-corrected chi connectivity index (χ3v) is 4.76. The first kappa shape index (κ1) is 16.4. The Labute approximate surface area is 152 Å². The molecule has 26 heavy (non-hydrogen) atoms. The number of amides is 1. The predicted molar refractivity (Wildman–Crippen MR) is 102 cm³/mol. The molecule has 2 heterocycles. The van der Waals surface area contributed by atoms with Gasteiger partial charge in [-0.25, -0.2) is 4.98 Å². The van der Waals surface area contributed by atoms with Crippen LogP contribution in [0.2, 0.25) is 0 Å². The molecule has 6 nitrogen and oxygen atoms in total. The Kier molecular flexibility index (Phi) is 4.73. The summed E-state index contributed by atoms with van der Waals surface area (Å²) in [5.74, 6) is 0.398. The van der Waals surface area contributed by atoms with Crippen molar-refractivity contribution in [3.63, 3.8) is 0 Å². The Morgan fingerprint density at radius 2 is 2.00 bits per heavy atom.